The highest BCUT2D eigenvalue weighted by atomic mass is 16.1. The Balaban J connectivity index is 1.84. The lowest BCUT2D eigenvalue weighted by Crippen LogP contribution is -2.45. The molecule has 0 saturated carbocycles. The van der Waals surface area contributed by atoms with Gasteiger partial charge in [-0.05, 0) is 19.2 Å². The Morgan fingerprint density at radius 1 is 1.09 bits per heavy atom. The first kappa shape index (κ1) is 13.1. The molecule has 3 aromatic heterocycles. The van der Waals surface area contributed by atoms with Gasteiger partial charge in [-0.2, -0.15) is 4.98 Å². The van der Waals surface area contributed by atoms with Crippen molar-refractivity contribution < 1.29 is 0 Å². The second-order valence-electron chi connectivity index (χ2n) is 5.54. The molecule has 0 radical (unpaired) electrons. The Hall–Kier alpha value is -2.54. The van der Waals surface area contributed by atoms with E-state index in [0.717, 1.165) is 26.2 Å². The van der Waals surface area contributed by atoms with Crippen molar-refractivity contribution in [1.82, 2.24) is 24.3 Å². The maximum Gasteiger partial charge on any atom is 0.268 e. The van der Waals surface area contributed by atoms with E-state index < -0.39 is 0 Å². The van der Waals surface area contributed by atoms with Crippen LogP contribution in [0.5, 0.6) is 0 Å². The van der Waals surface area contributed by atoms with Gasteiger partial charge < -0.3 is 9.80 Å². The molecule has 1 fully saturated rings. The molecule has 0 unspecified atom stereocenters. The number of anilines is 1. The van der Waals surface area contributed by atoms with Gasteiger partial charge in [0, 0.05) is 38.6 Å². The van der Waals surface area contributed by atoms with E-state index in [4.69, 9.17) is 0 Å². The van der Waals surface area contributed by atoms with Gasteiger partial charge in [-0.15, -0.1) is 0 Å². The van der Waals surface area contributed by atoms with Crippen LogP contribution in [0.25, 0.3) is 16.7 Å². The standard InChI is InChI=1S/C15H16N6O/c1-19-6-8-20(9-7-19)15-16-10-11-13(18-15)17-12-4-2-3-5-21(12)14(11)22/h2-5,10H,6-9H2,1H3. The van der Waals surface area contributed by atoms with Gasteiger partial charge in [-0.25, -0.2) is 9.97 Å². The second kappa shape index (κ2) is 5.03. The van der Waals surface area contributed by atoms with Gasteiger partial charge in [0.1, 0.15) is 11.0 Å². The lowest BCUT2D eigenvalue weighted by Gasteiger charge is -2.32. The zero-order valence-corrected chi connectivity index (χ0v) is 12.3. The molecule has 0 atom stereocenters. The summed E-state index contributed by atoms with van der Waals surface area (Å²) in [4.78, 5) is 30.2. The number of rotatable bonds is 1. The maximum atomic E-state index is 12.4. The highest BCUT2D eigenvalue weighted by molar-refractivity contribution is 5.76. The fourth-order valence-electron chi connectivity index (χ4n) is 2.69. The largest absolute Gasteiger partial charge is 0.338 e. The first-order valence-corrected chi connectivity index (χ1v) is 7.30. The van der Waals surface area contributed by atoms with Gasteiger partial charge in [0.15, 0.2) is 5.65 Å². The van der Waals surface area contributed by atoms with Gasteiger partial charge in [0.2, 0.25) is 5.95 Å². The van der Waals surface area contributed by atoms with E-state index in [1.807, 2.05) is 6.07 Å². The molecule has 4 rings (SSSR count). The summed E-state index contributed by atoms with van der Waals surface area (Å²) < 4.78 is 1.52. The number of aromatic nitrogens is 4. The summed E-state index contributed by atoms with van der Waals surface area (Å²) in [5, 5.41) is 0.446. The minimum Gasteiger partial charge on any atom is -0.338 e. The first-order valence-electron chi connectivity index (χ1n) is 7.30. The summed E-state index contributed by atoms with van der Waals surface area (Å²) in [6, 6.07) is 5.47. The van der Waals surface area contributed by atoms with E-state index in [2.05, 4.69) is 31.8 Å². The van der Waals surface area contributed by atoms with Gasteiger partial charge in [-0.1, -0.05) is 6.07 Å². The maximum absolute atomic E-state index is 12.4. The summed E-state index contributed by atoms with van der Waals surface area (Å²) in [5.74, 6) is 0.646. The lowest BCUT2D eigenvalue weighted by atomic mass is 10.3. The molecule has 112 valence electrons. The third-order valence-electron chi connectivity index (χ3n) is 4.05. The number of piperazine rings is 1. The van der Waals surface area contributed by atoms with E-state index in [9.17, 15) is 4.79 Å². The van der Waals surface area contributed by atoms with E-state index >= 15 is 0 Å². The van der Waals surface area contributed by atoms with Crippen molar-refractivity contribution in [2.45, 2.75) is 0 Å². The number of nitrogens with zero attached hydrogens (tertiary/aromatic N) is 6. The van der Waals surface area contributed by atoms with Crippen molar-refractivity contribution in [3.05, 3.63) is 40.9 Å². The number of hydrogen-bond donors (Lipinski definition) is 0. The average Bonchev–Trinajstić information content (AvgIpc) is 2.55. The Kier molecular flexibility index (Phi) is 3.00. The minimum atomic E-state index is -0.134. The third kappa shape index (κ3) is 2.10. The predicted molar refractivity (Wildman–Crippen MR) is 84.3 cm³/mol. The molecular weight excluding hydrogens is 280 g/mol. The molecule has 0 bridgehead atoms. The molecule has 0 aliphatic carbocycles. The van der Waals surface area contributed by atoms with Crippen LogP contribution in [-0.2, 0) is 0 Å². The number of fused-ring (bicyclic) bond motifs is 2. The molecule has 3 aromatic rings. The van der Waals surface area contributed by atoms with Crippen molar-refractivity contribution in [3.8, 4) is 0 Å². The molecule has 7 heteroatoms. The smallest absolute Gasteiger partial charge is 0.268 e. The van der Waals surface area contributed by atoms with Crippen LogP contribution in [0.4, 0.5) is 5.95 Å². The Bertz CT molecular complexity index is 897. The van der Waals surface area contributed by atoms with Gasteiger partial charge in [0.05, 0.1) is 0 Å². The van der Waals surface area contributed by atoms with Crippen molar-refractivity contribution in [2.75, 3.05) is 38.1 Å². The van der Waals surface area contributed by atoms with Gasteiger partial charge in [0.25, 0.3) is 5.56 Å². The fraction of sp³-hybridized carbons (Fsp3) is 0.333. The van der Waals surface area contributed by atoms with Crippen LogP contribution in [-0.4, -0.2) is 57.5 Å². The Morgan fingerprint density at radius 2 is 1.91 bits per heavy atom. The van der Waals surface area contributed by atoms with Crippen LogP contribution >= 0.6 is 0 Å². The molecule has 1 saturated heterocycles. The molecule has 0 amide bonds. The molecule has 0 spiro atoms. The summed E-state index contributed by atoms with van der Waals surface area (Å²) in [6.07, 6.45) is 3.29. The van der Waals surface area contributed by atoms with Crippen LogP contribution in [0.2, 0.25) is 0 Å². The van der Waals surface area contributed by atoms with Crippen LogP contribution in [0.1, 0.15) is 0 Å². The molecule has 1 aliphatic heterocycles. The normalized spacial score (nSPS) is 16.5. The van der Waals surface area contributed by atoms with Crippen LogP contribution in [0, 0.1) is 0 Å². The zero-order chi connectivity index (χ0) is 15.1. The predicted octanol–water partition coefficient (Wildman–Crippen LogP) is 0.389. The lowest BCUT2D eigenvalue weighted by molar-refractivity contribution is 0.311. The number of hydrogen-bond acceptors (Lipinski definition) is 6. The Morgan fingerprint density at radius 3 is 2.73 bits per heavy atom. The minimum absolute atomic E-state index is 0.134. The molecule has 7 nitrogen and oxygen atoms in total. The fourth-order valence-corrected chi connectivity index (χ4v) is 2.69. The summed E-state index contributed by atoms with van der Waals surface area (Å²) in [7, 11) is 2.10. The summed E-state index contributed by atoms with van der Waals surface area (Å²) in [6.45, 7) is 3.73. The second-order valence-corrected chi connectivity index (χ2v) is 5.54. The van der Waals surface area contributed by atoms with Crippen molar-refractivity contribution in [2.24, 2.45) is 0 Å². The molecule has 4 heterocycles. The van der Waals surface area contributed by atoms with Crippen molar-refractivity contribution in [3.63, 3.8) is 0 Å². The van der Waals surface area contributed by atoms with E-state index in [-0.39, 0.29) is 5.56 Å². The molecule has 22 heavy (non-hydrogen) atoms. The number of likely N-dealkylation sites (N-methyl/N-ethyl adjacent to an activating group) is 1. The quantitative estimate of drug-likeness (QED) is 0.605. The summed E-state index contributed by atoms with van der Waals surface area (Å²) in [5.41, 5.74) is 0.925. The number of pyridine rings is 1. The molecule has 0 aromatic carbocycles. The van der Waals surface area contributed by atoms with Gasteiger partial charge >= 0.3 is 0 Å². The van der Waals surface area contributed by atoms with Crippen LogP contribution < -0.4 is 10.5 Å². The monoisotopic (exact) mass is 296 g/mol. The van der Waals surface area contributed by atoms with Crippen molar-refractivity contribution in [1.29, 1.82) is 0 Å². The molecular formula is C15H16N6O. The topological polar surface area (TPSA) is 66.6 Å². The average molecular weight is 296 g/mol. The van der Waals surface area contributed by atoms with Gasteiger partial charge in [-0.3, -0.25) is 9.20 Å². The van der Waals surface area contributed by atoms with Crippen LogP contribution in [0.3, 0.4) is 0 Å². The van der Waals surface area contributed by atoms with Crippen molar-refractivity contribution >= 4 is 22.6 Å². The first-order chi connectivity index (χ1) is 10.7. The SMILES string of the molecule is CN1CCN(c2ncc3c(=O)n4ccccc4nc3n2)CC1. The van der Waals surface area contributed by atoms with Crippen LogP contribution in [0.15, 0.2) is 35.4 Å². The molecule has 1 aliphatic rings. The Labute approximate surface area is 126 Å². The summed E-state index contributed by atoms with van der Waals surface area (Å²) >= 11 is 0. The van der Waals surface area contributed by atoms with E-state index in [1.165, 1.54) is 4.40 Å². The highest BCUT2D eigenvalue weighted by Crippen LogP contribution is 2.13. The highest BCUT2D eigenvalue weighted by Gasteiger charge is 2.17. The third-order valence-corrected chi connectivity index (χ3v) is 4.05. The van der Waals surface area contributed by atoms with E-state index in [0.29, 0.717) is 22.6 Å². The zero-order valence-electron chi connectivity index (χ0n) is 12.3. The molecule has 0 N–H and O–H groups in total. The van der Waals surface area contributed by atoms with E-state index in [1.54, 1.807) is 24.5 Å².